The second-order valence-electron chi connectivity index (χ2n) is 5.02. The van der Waals surface area contributed by atoms with Crippen LogP contribution in [-0.4, -0.2) is 30.6 Å². The first kappa shape index (κ1) is 10.4. The van der Waals surface area contributed by atoms with Crippen molar-refractivity contribution >= 4 is 0 Å². The fraction of sp³-hybridized carbons (Fsp3) is 1.00. The summed E-state index contributed by atoms with van der Waals surface area (Å²) in [6.07, 6.45) is 9.91. The Morgan fingerprint density at radius 2 is 1.86 bits per heavy atom. The fourth-order valence-corrected chi connectivity index (χ4v) is 3.18. The summed E-state index contributed by atoms with van der Waals surface area (Å²) in [5, 5.41) is 0. The summed E-state index contributed by atoms with van der Waals surface area (Å²) >= 11 is 0. The normalized spacial score (nSPS) is 30.2. The standard InChI is InChI=1S/C12H24N2/c13-8-7-12-6-3-9-14(12)10-11-4-1-2-5-11/h11-12H,1-10,13H2. The number of likely N-dealkylation sites (tertiary alicyclic amines) is 1. The topological polar surface area (TPSA) is 29.3 Å². The minimum Gasteiger partial charge on any atom is -0.330 e. The van der Waals surface area contributed by atoms with Crippen molar-refractivity contribution in [1.82, 2.24) is 4.90 Å². The van der Waals surface area contributed by atoms with Gasteiger partial charge in [0.25, 0.3) is 0 Å². The Morgan fingerprint density at radius 1 is 1.07 bits per heavy atom. The predicted molar refractivity (Wildman–Crippen MR) is 60.2 cm³/mol. The van der Waals surface area contributed by atoms with Gasteiger partial charge in [0.1, 0.15) is 0 Å². The first-order valence-corrected chi connectivity index (χ1v) is 6.34. The van der Waals surface area contributed by atoms with E-state index in [9.17, 15) is 0 Å². The quantitative estimate of drug-likeness (QED) is 0.745. The van der Waals surface area contributed by atoms with Crippen LogP contribution in [0.5, 0.6) is 0 Å². The molecule has 14 heavy (non-hydrogen) atoms. The Morgan fingerprint density at radius 3 is 2.57 bits per heavy atom. The van der Waals surface area contributed by atoms with Crippen molar-refractivity contribution in [3.05, 3.63) is 0 Å². The molecule has 1 saturated heterocycles. The first-order chi connectivity index (χ1) is 6.90. The lowest BCUT2D eigenvalue weighted by atomic mass is 10.1. The molecule has 0 amide bonds. The van der Waals surface area contributed by atoms with E-state index in [1.54, 1.807) is 0 Å². The number of nitrogens with zero attached hydrogens (tertiary/aromatic N) is 1. The van der Waals surface area contributed by atoms with Gasteiger partial charge in [-0.25, -0.2) is 0 Å². The molecule has 82 valence electrons. The lowest BCUT2D eigenvalue weighted by Gasteiger charge is -2.26. The molecule has 0 bridgehead atoms. The molecule has 0 spiro atoms. The molecular formula is C12H24N2. The van der Waals surface area contributed by atoms with Crippen LogP contribution in [0.3, 0.4) is 0 Å². The number of hydrogen-bond donors (Lipinski definition) is 1. The van der Waals surface area contributed by atoms with Gasteiger partial charge in [0.15, 0.2) is 0 Å². The molecule has 0 radical (unpaired) electrons. The largest absolute Gasteiger partial charge is 0.330 e. The van der Waals surface area contributed by atoms with E-state index in [0.29, 0.717) is 0 Å². The maximum atomic E-state index is 5.65. The lowest BCUT2D eigenvalue weighted by Crippen LogP contribution is -2.34. The number of rotatable bonds is 4. The lowest BCUT2D eigenvalue weighted by molar-refractivity contribution is 0.208. The van der Waals surface area contributed by atoms with Crippen LogP contribution < -0.4 is 5.73 Å². The molecule has 0 aromatic rings. The van der Waals surface area contributed by atoms with Crippen LogP contribution in [0.1, 0.15) is 44.9 Å². The zero-order chi connectivity index (χ0) is 9.80. The van der Waals surface area contributed by atoms with Crippen LogP contribution in [-0.2, 0) is 0 Å². The van der Waals surface area contributed by atoms with Crippen molar-refractivity contribution in [1.29, 1.82) is 0 Å². The van der Waals surface area contributed by atoms with Crippen molar-refractivity contribution in [2.75, 3.05) is 19.6 Å². The second-order valence-corrected chi connectivity index (χ2v) is 5.02. The van der Waals surface area contributed by atoms with E-state index in [1.807, 2.05) is 0 Å². The first-order valence-electron chi connectivity index (χ1n) is 6.34. The molecule has 2 fully saturated rings. The van der Waals surface area contributed by atoms with E-state index in [2.05, 4.69) is 4.90 Å². The summed E-state index contributed by atoms with van der Waals surface area (Å²) in [6.45, 7) is 3.57. The molecule has 2 rings (SSSR count). The monoisotopic (exact) mass is 196 g/mol. The minimum atomic E-state index is 0.820. The Labute approximate surface area is 87.8 Å². The SMILES string of the molecule is NCCC1CCCN1CC1CCCC1. The summed E-state index contributed by atoms with van der Waals surface area (Å²) in [5.41, 5.74) is 5.65. The second kappa shape index (κ2) is 5.13. The molecule has 1 aliphatic heterocycles. The molecular weight excluding hydrogens is 172 g/mol. The van der Waals surface area contributed by atoms with E-state index in [-0.39, 0.29) is 0 Å². The third kappa shape index (κ3) is 2.48. The number of hydrogen-bond acceptors (Lipinski definition) is 2. The molecule has 1 aliphatic carbocycles. The highest BCUT2D eigenvalue weighted by molar-refractivity contribution is 4.82. The molecule has 0 aromatic carbocycles. The average molecular weight is 196 g/mol. The van der Waals surface area contributed by atoms with Crippen LogP contribution in [0.4, 0.5) is 0 Å². The summed E-state index contributed by atoms with van der Waals surface area (Å²) in [4.78, 5) is 2.71. The van der Waals surface area contributed by atoms with E-state index in [1.165, 1.54) is 58.0 Å². The smallest absolute Gasteiger partial charge is 0.0108 e. The summed E-state index contributed by atoms with van der Waals surface area (Å²) in [7, 11) is 0. The van der Waals surface area contributed by atoms with Crippen molar-refractivity contribution in [3.63, 3.8) is 0 Å². The van der Waals surface area contributed by atoms with Gasteiger partial charge in [-0.15, -0.1) is 0 Å². The molecule has 2 aliphatic rings. The molecule has 2 N–H and O–H groups in total. The molecule has 2 heteroatoms. The van der Waals surface area contributed by atoms with Crippen molar-refractivity contribution in [3.8, 4) is 0 Å². The molecule has 1 unspecified atom stereocenters. The van der Waals surface area contributed by atoms with Crippen LogP contribution in [0.25, 0.3) is 0 Å². The highest BCUT2D eigenvalue weighted by Gasteiger charge is 2.27. The maximum absolute atomic E-state index is 5.65. The van der Waals surface area contributed by atoms with Crippen LogP contribution in [0, 0.1) is 5.92 Å². The van der Waals surface area contributed by atoms with E-state index in [4.69, 9.17) is 5.73 Å². The Kier molecular flexibility index (Phi) is 3.82. The van der Waals surface area contributed by atoms with Gasteiger partial charge in [-0.2, -0.15) is 0 Å². The Bertz CT molecular complexity index is 164. The minimum absolute atomic E-state index is 0.820. The molecule has 1 saturated carbocycles. The summed E-state index contributed by atoms with van der Waals surface area (Å²) in [5.74, 6) is 1.01. The molecule has 2 nitrogen and oxygen atoms in total. The van der Waals surface area contributed by atoms with Gasteiger partial charge in [0, 0.05) is 12.6 Å². The molecule has 1 heterocycles. The predicted octanol–water partition coefficient (Wildman–Crippen LogP) is 1.99. The third-order valence-corrected chi connectivity index (χ3v) is 3.97. The molecule has 0 aromatic heterocycles. The van der Waals surface area contributed by atoms with E-state index < -0.39 is 0 Å². The fourth-order valence-electron chi connectivity index (χ4n) is 3.18. The summed E-state index contributed by atoms with van der Waals surface area (Å²) in [6, 6.07) is 0.820. The number of nitrogens with two attached hydrogens (primary N) is 1. The zero-order valence-electron chi connectivity index (χ0n) is 9.25. The van der Waals surface area contributed by atoms with Gasteiger partial charge in [0.2, 0.25) is 0 Å². The highest BCUT2D eigenvalue weighted by atomic mass is 15.2. The maximum Gasteiger partial charge on any atom is 0.0108 e. The van der Waals surface area contributed by atoms with Crippen LogP contribution in [0.2, 0.25) is 0 Å². The van der Waals surface area contributed by atoms with Crippen molar-refractivity contribution < 1.29 is 0 Å². The van der Waals surface area contributed by atoms with Crippen LogP contribution >= 0.6 is 0 Å². The van der Waals surface area contributed by atoms with Crippen LogP contribution in [0.15, 0.2) is 0 Å². The van der Waals surface area contributed by atoms with Crippen molar-refractivity contribution in [2.45, 2.75) is 51.0 Å². The van der Waals surface area contributed by atoms with E-state index >= 15 is 0 Å². The van der Waals surface area contributed by atoms with Gasteiger partial charge in [-0.1, -0.05) is 12.8 Å². The van der Waals surface area contributed by atoms with Crippen molar-refractivity contribution in [2.24, 2.45) is 11.7 Å². The van der Waals surface area contributed by atoms with Gasteiger partial charge in [-0.3, -0.25) is 0 Å². The zero-order valence-corrected chi connectivity index (χ0v) is 9.25. The third-order valence-electron chi connectivity index (χ3n) is 3.97. The summed E-state index contributed by atoms with van der Waals surface area (Å²) < 4.78 is 0. The average Bonchev–Trinajstić information content (AvgIpc) is 2.80. The highest BCUT2D eigenvalue weighted by Crippen LogP contribution is 2.29. The van der Waals surface area contributed by atoms with E-state index in [0.717, 1.165) is 18.5 Å². The van der Waals surface area contributed by atoms with Gasteiger partial charge in [-0.05, 0) is 51.1 Å². The van der Waals surface area contributed by atoms with Gasteiger partial charge < -0.3 is 10.6 Å². The van der Waals surface area contributed by atoms with Gasteiger partial charge >= 0.3 is 0 Å². The van der Waals surface area contributed by atoms with Gasteiger partial charge in [0.05, 0.1) is 0 Å². The molecule has 1 atom stereocenters. The Hall–Kier alpha value is -0.0800. The Balaban J connectivity index is 1.77.